The van der Waals surface area contributed by atoms with Crippen molar-refractivity contribution in [2.24, 2.45) is 0 Å². The third-order valence-corrected chi connectivity index (χ3v) is 8.00. The van der Waals surface area contributed by atoms with Gasteiger partial charge in [-0.15, -0.1) is 0 Å². The second kappa shape index (κ2) is 15.3. The normalized spacial score (nSPS) is 11.8. The summed E-state index contributed by atoms with van der Waals surface area (Å²) < 4.78 is 38.0. The predicted molar refractivity (Wildman–Crippen MR) is 165 cm³/mol. The summed E-state index contributed by atoms with van der Waals surface area (Å²) in [6.07, 6.45) is 3.00. The van der Waals surface area contributed by atoms with E-state index in [0.29, 0.717) is 12.3 Å². The number of nitrogens with zero attached hydrogens (tertiary/aromatic N) is 2. The molecule has 0 saturated carbocycles. The van der Waals surface area contributed by atoms with Gasteiger partial charge in [0.15, 0.2) is 0 Å². The molecule has 0 bridgehead atoms. The van der Waals surface area contributed by atoms with Gasteiger partial charge in [-0.1, -0.05) is 73.5 Å². The molecule has 0 aliphatic carbocycles. The molecule has 0 heterocycles. The quantitative estimate of drug-likeness (QED) is 0.262. The Kier molecular flexibility index (Phi) is 11.8. The number of rotatable bonds is 15. The number of anilines is 1. The molecule has 0 aromatic heterocycles. The van der Waals surface area contributed by atoms with Gasteiger partial charge in [0.2, 0.25) is 21.8 Å². The molecule has 0 unspecified atom stereocenters. The number of ether oxygens (including phenoxy) is 2. The molecule has 9 nitrogen and oxygen atoms in total. The van der Waals surface area contributed by atoms with E-state index in [0.717, 1.165) is 40.1 Å². The van der Waals surface area contributed by atoms with Crippen LogP contribution in [0.4, 0.5) is 5.69 Å². The Balaban J connectivity index is 2.09. The minimum atomic E-state index is -3.96. The van der Waals surface area contributed by atoms with Gasteiger partial charge in [0.25, 0.3) is 0 Å². The smallest absolute Gasteiger partial charge is 0.244 e. The number of hydrogen-bond donors (Lipinski definition) is 1. The van der Waals surface area contributed by atoms with Crippen LogP contribution in [0.3, 0.4) is 0 Å². The fourth-order valence-corrected chi connectivity index (χ4v) is 5.50. The summed E-state index contributed by atoms with van der Waals surface area (Å²) in [5, 5.41) is 2.98. The monoisotopic (exact) mass is 595 g/mol. The molecule has 42 heavy (non-hydrogen) atoms. The number of hydrogen-bond acceptors (Lipinski definition) is 6. The summed E-state index contributed by atoms with van der Waals surface area (Å²) >= 11 is 0. The number of nitrogens with one attached hydrogen (secondary N) is 1. The molecular weight excluding hydrogens is 554 g/mol. The van der Waals surface area contributed by atoms with Crippen LogP contribution in [0.15, 0.2) is 72.8 Å². The zero-order valence-corrected chi connectivity index (χ0v) is 25.8. The van der Waals surface area contributed by atoms with E-state index in [4.69, 9.17) is 9.47 Å². The van der Waals surface area contributed by atoms with Crippen molar-refractivity contribution in [3.05, 3.63) is 89.5 Å². The van der Waals surface area contributed by atoms with Gasteiger partial charge in [-0.05, 0) is 36.6 Å². The van der Waals surface area contributed by atoms with Crippen LogP contribution in [0, 0.1) is 6.92 Å². The highest BCUT2D eigenvalue weighted by Crippen LogP contribution is 2.34. The SMILES string of the molecule is CCCCNC(=O)[C@H](Cc1ccccc1)N(Cc1cccc(C)c1)C(=O)CN(c1cc(OC)ccc1OC)S(C)(=O)=O. The van der Waals surface area contributed by atoms with Crippen molar-refractivity contribution in [1.29, 1.82) is 0 Å². The van der Waals surface area contributed by atoms with Crippen LogP contribution >= 0.6 is 0 Å². The molecule has 0 aliphatic heterocycles. The lowest BCUT2D eigenvalue weighted by atomic mass is 10.0. The highest BCUT2D eigenvalue weighted by atomic mass is 32.2. The first-order valence-corrected chi connectivity index (χ1v) is 15.8. The summed E-state index contributed by atoms with van der Waals surface area (Å²) in [7, 11) is -1.06. The number of carbonyl (C=O) groups is 2. The Bertz CT molecular complexity index is 1450. The molecule has 0 fully saturated rings. The minimum absolute atomic E-state index is 0.117. The van der Waals surface area contributed by atoms with Gasteiger partial charge < -0.3 is 19.7 Å². The maximum Gasteiger partial charge on any atom is 0.244 e. The summed E-state index contributed by atoms with van der Waals surface area (Å²) in [6, 6.07) is 21.0. The molecule has 0 spiro atoms. The Hall–Kier alpha value is -4.05. The lowest BCUT2D eigenvalue weighted by Gasteiger charge is -2.34. The van der Waals surface area contributed by atoms with E-state index in [1.165, 1.54) is 25.2 Å². The Morgan fingerprint density at radius 2 is 1.64 bits per heavy atom. The first-order chi connectivity index (χ1) is 20.1. The number of benzene rings is 3. The van der Waals surface area contributed by atoms with Crippen molar-refractivity contribution < 1.29 is 27.5 Å². The molecule has 0 radical (unpaired) electrons. The van der Waals surface area contributed by atoms with Crippen molar-refractivity contribution in [2.75, 3.05) is 37.9 Å². The maximum absolute atomic E-state index is 14.3. The van der Waals surface area contributed by atoms with E-state index >= 15 is 0 Å². The van der Waals surface area contributed by atoms with Crippen molar-refractivity contribution in [3.63, 3.8) is 0 Å². The van der Waals surface area contributed by atoms with Gasteiger partial charge in [-0.2, -0.15) is 0 Å². The summed E-state index contributed by atoms with van der Waals surface area (Å²) in [6.45, 7) is 4.04. The van der Waals surface area contributed by atoms with Crippen LogP contribution in [-0.4, -0.2) is 64.7 Å². The molecule has 1 atom stereocenters. The second-order valence-corrected chi connectivity index (χ2v) is 12.1. The molecule has 3 aromatic rings. The minimum Gasteiger partial charge on any atom is -0.497 e. The predicted octanol–water partition coefficient (Wildman–Crippen LogP) is 4.33. The van der Waals surface area contributed by atoms with Gasteiger partial charge in [-0.3, -0.25) is 13.9 Å². The lowest BCUT2D eigenvalue weighted by molar-refractivity contribution is -0.140. The average Bonchev–Trinajstić information content (AvgIpc) is 2.97. The molecular formula is C32H41N3O6S. The van der Waals surface area contributed by atoms with Gasteiger partial charge >= 0.3 is 0 Å². The lowest BCUT2D eigenvalue weighted by Crippen LogP contribution is -2.53. The fourth-order valence-electron chi connectivity index (χ4n) is 4.65. The number of methoxy groups -OCH3 is 2. The van der Waals surface area contributed by atoms with Crippen molar-refractivity contribution in [3.8, 4) is 11.5 Å². The highest BCUT2D eigenvalue weighted by molar-refractivity contribution is 7.92. The number of amides is 2. The van der Waals surface area contributed by atoms with Gasteiger partial charge in [0.05, 0.1) is 26.2 Å². The van der Waals surface area contributed by atoms with E-state index < -0.39 is 28.5 Å². The zero-order chi connectivity index (χ0) is 30.7. The number of aryl methyl sites for hydroxylation is 1. The van der Waals surface area contributed by atoms with E-state index in [1.54, 1.807) is 12.1 Å². The fraction of sp³-hybridized carbons (Fsp3) is 0.375. The van der Waals surface area contributed by atoms with Crippen LogP contribution in [0.1, 0.15) is 36.5 Å². The zero-order valence-electron chi connectivity index (χ0n) is 25.0. The van der Waals surface area contributed by atoms with E-state index in [9.17, 15) is 18.0 Å². The summed E-state index contributed by atoms with van der Waals surface area (Å²) in [5.74, 6) is -0.158. The molecule has 0 saturated heterocycles. The van der Waals surface area contributed by atoms with Gasteiger partial charge in [0.1, 0.15) is 24.1 Å². The first kappa shape index (κ1) is 32.5. The number of unbranched alkanes of at least 4 members (excludes halogenated alkanes) is 1. The van der Waals surface area contributed by atoms with Gasteiger partial charge in [0, 0.05) is 25.6 Å². The molecule has 2 amide bonds. The third kappa shape index (κ3) is 8.97. The summed E-state index contributed by atoms with van der Waals surface area (Å²) in [4.78, 5) is 29.4. The molecule has 3 aromatic carbocycles. The van der Waals surface area contributed by atoms with Crippen LogP contribution in [0.2, 0.25) is 0 Å². The maximum atomic E-state index is 14.3. The van der Waals surface area contributed by atoms with Crippen LogP contribution in [-0.2, 0) is 32.6 Å². The first-order valence-electron chi connectivity index (χ1n) is 13.9. The van der Waals surface area contributed by atoms with E-state index in [2.05, 4.69) is 5.32 Å². The molecule has 3 rings (SSSR count). The summed E-state index contributed by atoms with van der Waals surface area (Å²) in [5.41, 5.74) is 2.87. The van der Waals surface area contributed by atoms with Crippen molar-refractivity contribution in [2.45, 2.75) is 45.7 Å². The Labute approximate surface area is 249 Å². The third-order valence-electron chi connectivity index (χ3n) is 6.87. The highest BCUT2D eigenvalue weighted by Gasteiger charge is 2.33. The van der Waals surface area contributed by atoms with Crippen molar-refractivity contribution >= 4 is 27.5 Å². The second-order valence-electron chi connectivity index (χ2n) is 10.2. The molecule has 0 aliphatic rings. The molecule has 1 N–H and O–H groups in total. The molecule has 226 valence electrons. The molecule has 10 heteroatoms. The Morgan fingerprint density at radius 1 is 0.929 bits per heavy atom. The van der Waals surface area contributed by atoms with Crippen LogP contribution in [0.25, 0.3) is 0 Å². The number of sulfonamides is 1. The van der Waals surface area contributed by atoms with Crippen LogP contribution in [0.5, 0.6) is 11.5 Å². The Morgan fingerprint density at radius 3 is 2.26 bits per heavy atom. The van der Waals surface area contributed by atoms with Crippen LogP contribution < -0.4 is 19.1 Å². The number of carbonyl (C=O) groups excluding carboxylic acids is 2. The standard InChI is InChI=1S/C32H41N3O6S/c1-6-7-18-33-32(37)29(20-25-13-9-8-10-14-25)34(22-26-15-11-12-24(2)19-26)31(36)23-35(42(5,38)39)28-21-27(40-3)16-17-30(28)41-4/h8-17,19,21,29H,6-7,18,20,22-23H2,1-5H3,(H,33,37)/t29-/m0/s1. The van der Waals surface area contributed by atoms with Crippen molar-refractivity contribution in [1.82, 2.24) is 10.2 Å². The van der Waals surface area contributed by atoms with E-state index in [-0.39, 0.29) is 30.3 Å². The largest absolute Gasteiger partial charge is 0.497 e. The topological polar surface area (TPSA) is 105 Å². The van der Waals surface area contributed by atoms with Gasteiger partial charge in [-0.25, -0.2) is 8.42 Å². The van der Waals surface area contributed by atoms with E-state index in [1.807, 2.05) is 68.4 Å². The average molecular weight is 596 g/mol.